The summed E-state index contributed by atoms with van der Waals surface area (Å²) < 4.78 is 15.1. The van der Waals surface area contributed by atoms with Gasteiger partial charge in [-0.05, 0) is 62.5 Å². The van der Waals surface area contributed by atoms with Gasteiger partial charge in [0.15, 0.2) is 11.8 Å². The van der Waals surface area contributed by atoms with Gasteiger partial charge in [-0.15, -0.1) is 0 Å². The first-order valence-electron chi connectivity index (χ1n) is 19.9. The van der Waals surface area contributed by atoms with E-state index < -0.39 is 0 Å². The summed E-state index contributed by atoms with van der Waals surface area (Å²) in [6.07, 6.45) is 26.7. The zero-order valence-corrected chi connectivity index (χ0v) is 30.1. The smallest absolute Gasteiger partial charge is 0.194 e. The molecule has 6 aliphatic rings. The topological polar surface area (TPSA) is 43.2 Å². The molecule has 5 heteroatoms. The fourth-order valence-corrected chi connectivity index (χ4v) is 11.4. The molecule has 2 aromatic carbocycles. The molecule has 262 valence electrons. The van der Waals surface area contributed by atoms with Crippen molar-refractivity contribution in [2.75, 3.05) is 0 Å². The van der Waals surface area contributed by atoms with E-state index >= 15 is 0 Å². The molecular formula is C43H58N2NiO2. The molecule has 0 unspecified atom stereocenters. The van der Waals surface area contributed by atoms with Gasteiger partial charge >= 0.3 is 0 Å². The van der Waals surface area contributed by atoms with Crippen LogP contribution in [0.25, 0.3) is 0 Å². The fourth-order valence-electron chi connectivity index (χ4n) is 11.4. The van der Waals surface area contributed by atoms with E-state index in [1.807, 2.05) is 0 Å². The van der Waals surface area contributed by atoms with Crippen LogP contribution >= 0.6 is 0 Å². The van der Waals surface area contributed by atoms with Crippen LogP contribution in [0.5, 0.6) is 0 Å². The first-order valence-corrected chi connectivity index (χ1v) is 19.9. The Morgan fingerprint density at radius 1 is 0.438 bits per heavy atom. The minimum atomic E-state index is -0.251. The van der Waals surface area contributed by atoms with Crippen LogP contribution in [0, 0.1) is 23.7 Å². The van der Waals surface area contributed by atoms with Crippen LogP contribution in [0.1, 0.15) is 158 Å². The third-order valence-electron chi connectivity index (χ3n) is 13.5. The largest absolute Gasteiger partial charge is 0.471 e. The summed E-state index contributed by atoms with van der Waals surface area (Å²) in [5.74, 6) is 4.00. The monoisotopic (exact) mass is 692 g/mol. The van der Waals surface area contributed by atoms with Gasteiger partial charge in [0.25, 0.3) is 0 Å². The maximum absolute atomic E-state index is 7.55. The van der Waals surface area contributed by atoms with Crippen molar-refractivity contribution in [1.82, 2.24) is 0 Å². The predicted octanol–water partition coefficient (Wildman–Crippen LogP) is 11.5. The van der Waals surface area contributed by atoms with Gasteiger partial charge < -0.3 is 9.47 Å². The summed E-state index contributed by atoms with van der Waals surface area (Å²) in [6.45, 7) is 0. The van der Waals surface area contributed by atoms with Gasteiger partial charge in [0.05, 0.1) is 6.42 Å². The van der Waals surface area contributed by atoms with Gasteiger partial charge in [-0.1, -0.05) is 138 Å². The van der Waals surface area contributed by atoms with E-state index in [0.717, 1.165) is 11.8 Å². The molecule has 4 nitrogen and oxygen atoms in total. The molecule has 8 rings (SSSR count). The second kappa shape index (κ2) is 15.4. The van der Waals surface area contributed by atoms with E-state index in [-0.39, 0.29) is 39.8 Å². The van der Waals surface area contributed by atoms with E-state index in [9.17, 15) is 0 Å². The zero-order valence-electron chi connectivity index (χ0n) is 29.1. The van der Waals surface area contributed by atoms with Crippen molar-refractivity contribution in [3.05, 3.63) is 71.8 Å². The van der Waals surface area contributed by atoms with Crippen molar-refractivity contribution in [1.29, 1.82) is 0 Å². The van der Waals surface area contributed by atoms with Gasteiger partial charge in [0.1, 0.15) is 23.3 Å². The molecule has 2 aromatic rings. The minimum absolute atomic E-state index is 0. The Kier molecular flexibility index (Phi) is 11.0. The maximum Gasteiger partial charge on any atom is 0.194 e. The summed E-state index contributed by atoms with van der Waals surface area (Å²) in [5, 5.41) is 0. The molecule has 4 aliphatic carbocycles. The summed E-state index contributed by atoms with van der Waals surface area (Å²) in [4.78, 5) is 11.3. The number of hydrogen-bond donors (Lipinski definition) is 0. The molecule has 0 aromatic heterocycles. The molecule has 0 saturated heterocycles. The van der Waals surface area contributed by atoms with Crippen molar-refractivity contribution >= 4 is 11.8 Å². The van der Waals surface area contributed by atoms with Gasteiger partial charge in [0.2, 0.25) is 0 Å². The summed E-state index contributed by atoms with van der Waals surface area (Å²) in [5.41, 5.74) is 2.15. The summed E-state index contributed by atoms with van der Waals surface area (Å²) >= 11 is 0. The number of benzene rings is 2. The Morgan fingerprint density at radius 3 is 1.02 bits per heavy atom. The van der Waals surface area contributed by atoms with Gasteiger partial charge in [0, 0.05) is 40.2 Å². The number of ether oxygens (including phenoxy) is 2. The van der Waals surface area contributed by atoms with Crippen LogP contribution < -0.4 is 0 Å². The fraction of sp³-hybridized carbons (Fsp3) is 0.674. The average Bonchev–Trinajstić information content (AvgIpc) is 3.74. The summed E-state index contributed by atoms with van der Waals surface area (Å²) in [7, 11) is 0. The van der Waals surface area contributed by atoms with E-state index in [1.54, 1.807) is 0 Å². The van der Waals surface area contributed by atoms with Crippen LogP contribution in [0.4, 0.5) is 0 Å². The van der Waals surface area contributed by atoms with Crippen LogP contribution in [0.15, 0.2) is 70.6 Å². The molecule has 2 atom stereocenters. The van der Waals surface area contributed by atoms with E-state index in [1.165, 1.54) is 140 Å². The first-order chi connectivity index (χ1) is 23.3. The van der Waals surface area contributed by atoms with E-state index in [2.05, 4.69) is 60.7 Å². The molecule has 4 fully saturated rings. The van der Waals surface area contributed by atoms with Crippen LogP contribution in [-0.2, 0) is 26.0 Å². The van der Waals surface area contributed by atoms with Crippen molar-refractivity contribution in [3.63, 3.8) is 0 Å². The molecule has 0 bridgehead atoms. The predicted molar refractivity (Wildman–Crippen MR) is 192 cm³/mol. The Bertz CT molecular complexity index is 1230. The van der Waals surface area contributed by atoms with Crippen LogP contribution in [0.2, 0.25) is 0 Å². The van der Waals surface area contributed by atoms with E-state index in [0.29, 0.717) is 30.1 Å². The minimum Gasteiger partial charge on any atom is -0.471 e. The second-order valence-electron chi connectivity index (χ2n) is 16.1. The first kappa shape index (κ1) is 34.3. The quantitative estimate of drug-likeness (QED) is 0.258. The third kappa shape index (κ3) is 6.44. The molecule has 2 heterocycles. The Morgan fingerprint density at radius 2 is 0.729 bits per heavy atom. The van der Waals surface area contributed by atoms with Gasteiger partial charge in [-0.2, -0.15) is 0 Å². The van der Waals surface area contributed by atoms with Crippen molar-refractivity contribution in [2.45, 2.75) is 158 Å². The number of hydrogen-bond acceptors (Lipinski definition) is 4. The molecule has 0 N–H and O–H groups in total. The Labute approximate surface area is 300 Å². The standard InChI is InChI=1S/C43H58N2O2.Ni/c1-7-19-32(20-8-1)40-42(34-23-11-3-12-24-34,35-25-13-4-14-26-35)46-38(44-40)31-39-45-41(33-21-9-2-10-22-33)43(47-39,36-27-15-5-16-28-36)37-29-17-6-18-30-37;/h1-2,7-10,19-22,34-37,40-41H,3-6,11-18,23-31H2;/t40-,41-;/m1./s1. The third-order valence-corrected chi connectivity index (χ3v) is 13.5. The van der Waals surface area contributed by atoms with Crippen molar-refractivity contribution < 1.29 is 26.0 Å². The second-order valence-corrected chi connectivity index (χ2v) is 16.1. The van der Waals surface area contributed by atoms with E-state index in [4.69, 9.17) is 19.5 Å². The molecule has 2 aliphatic heterocycles. The molecule has 0 amide bonds. The van der Waals surface area contributed by atoms with Gasteiger partial charge in [-0.25, -0.2) is 9.98 Å². The number of aliphatic imine (C=N–C) groups is 2. The molecule has 48 heavy (non-hydrogen) atoms. The van der Waals surface area contributed by atoms with Gasteiger partial charge in [-0.3, -0.25) is 0 Å². The molecule has 4 saturated carbocycles. The molecule has 0 spiro atoms. The SMILES string of the molecule is [Ni].c1ccc([C@H]2N=C(CC3=N[C@H](c4ccccc4)C(C4CCCCC4)(C4CCCCC4)O3)OC2(C2CCCCC2)C2CCCCC2)cc1. The van der Waals surface area contributed by atoms with Crippen molar-refractivity contribution in [3.8, 4) is 0 Å². The normalized spacial score (nSPS) is 28.5. The van der Waals surface area contributed by atoms with Crippen LogP contribution in [0.3, 0.4) is 0 Å². The van der Waals surface area contributed by atoms with Crippen molar-refractivity contribution in [2.24, 2.45) is 33.7 Å². The van der Waals surface area contributed by atoms with Crippen LogP contribution in [-0.4, -0.2) is 23.0 Å². The summed E-state index contributed by atoms with van der Waals surface area (Å²) in [6, 6.07) is 22.5. The number of nitrogens with zero attached hydrogens (tertiary/aromatic N) is 2. The molecular weight excluding hydrogens is 635 g/mol. The Hall–Kier alpha value is -2.13. The number of rotatable bonds is 8. The average molecular weight is 694 g/mol. The maximum atomic E-state index is 7.55. The molecule has 0 radical (unpaired) electrons. The Balaban J connectivity index is 0.00000364. The zero-order chi connectivity index (χ0) is 31.5.